The lowest BCUT2D eigenvalue weighted by Gasteiger charge is -2.30. The quantitative estimate of drug-likeness (QED) is 0.723. The molecular formula is C19H23FN2O5S. The average Bonchev–Trinajstić information content (AvgIpc) is 2.65. The molecule has 0 aliphatic heterocycles. The number of anilines is 2. The fourth-order valence-corrected chi connectivity index (χ4v) is 4.01. The van der Waals surface area contributed by atoms with E-state index in [0.29, 0.717) is 17.2 Å². The van der Waals surface area contributed by atoms with E-state index in [-0.39, 0.29) is 12.1 Å². The molecule has 0 aliphatic carbocycles. The fraction of sp³-hybridized carbons (Fsp3) is 0.316. The molecular weight excluding hydrogens is 387 g/mol. The normalized spacial score (nSPS) is 12.2. The lowest BCUT2D eigenvalue weighted by Crippen LogP contribution is -2.47. The van der Waals surface area contributed by atoms with Gasteiger partial charge < -0.3 is 14.8 Å². The maximum Gasteiger partial charge on any atom is 0.248 e. The number of methoxy groups -OCH3 is 2. The summed E-state index contributed by atoms with van der Waals surface area (Å²) in [7, 11) is -1.02. The van der Waals surface area contributed by atoms with Crippen LogP contribution in [0.15, 0.2) is 42.5 Å². The summed E-state index contributed by atoms with van der Waals surface area (Å²) in [5.41, 5.74) is 0.122. The monoisotopic (exact) mass is 410 g/mol. The molecule has 0 saturated carbocycles. The highest BCUT2D eigenvalue weighted by molar-refractivity contribution is 7.92. The molecule has 152 valence electrons. The van der Waals surface area contributed by atoms with Crippen molar-refractivity contribution in [1.82, 2.24) is 0 Å². The van der Waals surface area contributed by atoms with Gasteiger partial charge in [-0.2, -0.15) is 0 Å². The van der Waals surface area contributed by atoms with Crippen LogP contribution in [0, 0.1) is 5.82 Å². The highest BCUT2D eigenvalue weighted by atomic mass is 32.2. The van der Waals surface area contributed by atoms with Crippen LogP contribution in [0.5, 0.6) is 11.5 Å². The van der Waals surface area contributed by atoms with Gasteiger partial charge in [-0.25, -0.2) is 12.8 Å². The number of carbonyl (C=O) groups is 1. The van der Waals surface area contributed by atoms with Crippen LogP contribution in [-0.4, -0.2) is 40.8 Å². The number of amides is 1. The minimum atomic E-state index is -3.94. The van der Waals surface area contributed by atoms with Crippen molar-refractivity contribution in [2.75, 3.05) is 30.1 Å². The van der Waals surface area contributed by atoms with Gasteiger partial charge in [-0.1, -0.05) is 19.1 Å². The van der Waals surface area contributed by atoms with Crippen LogP contribution in [0.1, 0.15) is 13.3 Å². The molecule has 0 bridgehead atoms. The van der Waals surface area contributed by atoms with E-state index in [9.17, 15) is 17.6 Å². The number of sulfonamides is 1. The van der Waals surface area contributed by atoms with Crippen molar-refractivity contribution in [3.63, 3.8) is 0 Å². The minimum absolute atomic E-state index is 0.125. The number of halogens is 1. The number of benzene rings is 2. The molecule has 1 N–H and O–H groups in total. The highest BCUT2D eigenvalue weighted by Gasteiger charge is 2.33. The van der Waals surface area contributed by atoms with Gasteiger partial charge >= 0.3 is 0 Å². The molecule has 2 aromatic rings. The first kappa shape index (κ1) is 21.5. The van der Waals surface area contributed by atoms with Crippen LogP contribution < -0.4 is 19.1 Å². The second-order valence-electron chi connectivity index (χ2n) is 5.99. The van der Waals surface area contributed by atoms with E-state index in [2.05, 4.69) is 5.32 Å². The summed E-state index contributed by atoms with van der Waals surface area (Å²) in [6.45, 7) is 1.64. The third-order valence-electron chi connectivity index (χ3n) is 4.08. The van der Waals surface area contributed by atoms with Crippen LogP contribution >= 0.6 is 0 Å². The number of hydrogen-bond acceptors (Lipinski definition) is 5. The van der Waals surface area contributed by atoms with Gasteiger partial charge in [-0.15, -0.1) is 0 Å². The third-order valence-corrected chi connectivity index (χ3v) is 5.25. The van der Waals surface area contributed by atoms with E-state index in [1.165, 1.54) is 32.4 Å². The maximum absolute atomic E-state index is 14.3. The molecule has 0 aliphatic rings. The molecule has 7 nitrogen and oxygen atoms in total. The first-order valence-electron chi connectivity index (χ1n) is 8.49. The van der Waals surface area contributed by atoms with Crippen molar-refractivity contribution in [2.45, 2.75) is 19.4 Å². The van der Waals surface area contributed by atoms with Crippen molar-refractivity contribution in [2.24, 2.45) is 0 Å². The molecule has 2 aromatic carbocycles. The Labute approximate surface area is 164 Å². The minimum Gasteiger partial charge on any atom is -0.497 e. The van der Waals surface area contributed by atoms with Crippen LogP contribution in [0.4, 0.5) is 15.8 Å². The van der Waals surface area contributed by atoms with Gasteiger partial charge in [0, 0.05) is 6.07 Å². The van der Waals surface area contributed by atoms with Gasteiger partial charge in [0.05, 0.1) is 31.9 Å². The topological polar surface area (TPSA) is 84.9 Å². The Kier molecular flexibility index (Phi) is 6.85. The highest BCUT2D eigenvalue weighted by Crippen LogP contribution is 2.30. The zero-order chi connectivity index (χ0) is 20.9. The van der Waals surface area contributed by atoms with E-state index in [0.717, 1.165) is 16.6 Å². The van der Waals surface area contributed by atoms with E-state index in [1.807, 2.05) is 0 Å². The molecule has 0 heterocycles. The molecule has 1 atom stereocenters. The second-order valence-corrected chi connectivity index (χ2v) is 7.85. The lowest BCUT2D eigenvalue weighted by atomic mass is 10.1. The molecule has 28 heavy (non-hydrogen) atoms. The van der Waals surface area contributed by atoms with Gasteiger partial charge in [0.1, 0.15) is 23.4 Å². The molecule has 0 spiro atoms. The summed E-state index contributed by atoms with van der Waals surface area (Å²) < 4.78 is 50.3. The Morgan fingerprint density at radius 3 is 2.39 bits per heavy atom. The first-order valence-corrected chi connectivity index (χ1v) is 10.3. The van der Waals surface area contributed by atoms with Crippen molar-refractivity contribution in [1.29, 1.82) is 0 Å². The number of nitrogens with zero attached hydrogens (tertiary/aromatic N) is 1. The Hall–Kier alpha value is -2.81. The standard InChI is InChI=1S/C19H23FN2O5S/c1-5-16(22(28(4,24)25)17-9-7-6-8-14(17)20)19(23)21-15-12-13(26-2)10-11-18(15)27-3/h6-12,16H,5H2,1-4H3,(H,21,23). The Morgan fingerprint density at radius 2 is 1.86 bits per heavy atom. The van der Waals surface area contributed by atoms with Crippen LogP contribution in [-0.2, 0) is 14.8 Å². The molecule has 0 radical (unpaired) electrons. The number of rotatable bonds is 8. The number of hydrogen-bond donors (Lipinski definition) is 1. The molecule has 0 fully saturated rings. The van der Waals surface area contributed by atoms with Crippen molar-refractivity contribution in [3.8, 4) is 11.5 Å². The number of ether oxygens (including phenoxy) is 2. The Morgan fingerprint density at radius 1 is 1.18 bits per heavy atom. The maximum atomic E-state index is 14.3. The second kappa shape index (κ2) is 8.92. The largest absolute Gasteiger partial charge is 0.497 e. The van der Waals surface area contributed by atoms with Crippen molar-refractivity contribution >= 4 is 27.3 Å². The zero-order valence-electron chi connectivity index (χ0n) is 16.1. The summed E-state index contributed by atoms with van der Waals surface area (Å²) in [6.07, 6.45) is 1.06. The zero-order valence-corrected chi connectivity index (χ0v) is 16.9. The predicted molar refractivity (Wildman–Crippen MR) is 106 cm³/mol. The van der Waals surface area contributed by atoms with Gasteiger partial charge in [-0.3, -0.25) is 9.10 Å². The molecule has 9 heteroatoms. The Balaban J connectivity index is 2.45. The molecule has 2 rings (SSSR count). The van der Waals surface area contributed by atoms with Crippen LogP contribution in [0.25, 0.3) is 0 Å². The molecule has 0 saturated heterocycles. The molecule has 1 unspecified atom stereocenters. The number of para-hydroxylation sites is 1. The first-order chi connectivity index (χ1) is 13.2. The molecule has 1 amide bonds. The van der Waals surface area contributed by atoms with E-state index in [4.69, 9.17) is 9.47 Å². The SMILES string of the molecule is CCC(C(=O)Nc1cc(OC)ccc1OC)N(c1ccccc1F)S(C)(=O)=O. The van der Waals surface area contributed by atoms with Gasteiger partial charge in [0.2, 0.25) is 15.9 Å². The predicted octanol–water partition coefficient (Wildman–Crippen LogP) is 3.03. The smallest absolute Gasteiger partial charge is 0.248 e. The third kappa shape index (κ3) is 4.72. The summed E-state index contributed by atoms with van der Waals surface area (Å²) >= 11 is 0. The van der Waals surface area contributed by atoms with Crippen molar-refractivity contribution < 1.29 is 27.1 Å². The number of nitrogens with one attached hydrogen (secondary N) is 1. The fourth-order valence-electron chi connectivity index (χ4n) is 2.79. The van der Waals surface area contributed by atoms with E-state index < -0.39 is 27.8 Å². The van der Waals surface area contributed by atoms with Crippen LogP contribution in [0.2, 0.25) is 0 Å². The van der Waals surface area contributed by atoms with Gasteiger partial charge in [0.15, 0.2) is 0 Å². The van der Waals surface area contributed by atoms with Gasteiger partial charge in [0.25, 0.3) is 0 Å². The Bertz CT molecular complexity index is 949. The van der Waals surface area contributed by atoms with Gasteiger partial charge in [-0.05, 0) is 30.7 Å². The average molecular weight is 410 g/mol. The lowest BCUT2D eigenvalue weighted by molar-refractivity contribution is -0.117. The summed E-state index contributed by atoms with van der Waals surface area (Å²) in [6, 6.07) is 9.07. The summed E-state index contributed by atoms with van der Waals surface area (Å²) in [4.78, 5) is 12.9. The number of carbonyl (C=O) groups excluding carboxylic acids is 1. The summed E-state index contributed by atoms with van der Waals surface area (Å²) in [5, 5.41) is 2.66. The van der Waals surface area contributed by atoms with Crippen molar-refractivity contribution in [3.05, 3.63) is 48.3 Å². The van der Waals surface area contributed by atoms with E-state index in [1.54, 1.807) is 25.1 Å². The van der Waals surface area contributed by atoms with E-state index >= 15 is 0 Å². The summed E-state index contributed by atoms with van der Waals surface area (Å²) in [5.74, 6) is -0.500. The van der Waals surface area contributed by atoms with Crippen LogP contribution in [0.3, 0.4) is 0 Å². The molecule has 0 aromatic heterocycles.